The zero-order valence-corrected chi connectivity index (χ0v) is 11.3. The molecule has 0 aromatic heterocycles. The van der Waals surface area contributed by atoms with Crippen LogP contribution in [0.4, 0.5) is 0 Å². The van der Waals surface area contributed by atoms with E-state index in [1.807, 2.05) is 27.7 Å². The number of carbonyl (C=O) groups is 1. The molecule has 0 N–H and O–H groups in total. The summed E-state index contributed by atoms with van der Waals surface area (Å²) in [6.07, 6.45) is 0.159. The van der Waals surface area contributed by atoms with Crippen molar-refractivity contribution >= 4 is 5.97 Å². The van der Waals surface area contributed by atoms with Crippen LogP contribution in [0.5, 0.6) is 0 Å². The summed E-state index contributed by atoms with van der Waals surface area (Å²) in [5, 5.41) is 0. The van der Waals surface area contributed by atoms with Crippen molar-refractivity contribution in [3.8, 4) is 0 Å². The van der Waals surface area contributed by atoms with Crippen LogP contribution in [0.15, 0.2) is 11.1 Å². The van der Waals surface area contributed by atoms with Crippen LogP contribution in [-0.2, 0) is 34.5 Å². The molecule has 13 heavy (non-hydrogen) atoms. The second kappa shape index (κ2) is 6.50. The molecule has 0 aromatic carbocycles. The summed E-state index contributed by atoms with van der Waals surface area (Å²) < 4.78 is 10.3. The van der Waals surface area contributed by atoms with Gasteiger partial charge in [-0.25, -0.2) is 0 Å². The summed E-state index contributed by atoms with van der Waals surface area (Å²) in [5.74, 6) is -0.229. The minimum atomic E-state index is -1.40. The fourth-order valence-corrected chi connectivity index (χ4v) is 1.59. The van der Waals surface area contributed by atoms with Gasteiger partial charge in [0.2, 0.25) is 0 Å². The first-order valence-corrected chi connectivity index (χ1v) is 6.21. The Kier molecular flexibility index (Phi) is 6.53. The molecule has 0 rings (SSSR count). The van der Waals surface area contributed by atoms with Crippen molar-refractivity contribution in [2.24, 2.45) is 0 Å². The maximum absolute atomic E-state index is 11.2. The van der Waals surface area contributed by atoms with Crippen LogP contribution in [0, 0.1) is 0 Å². The van der Waals surface area contributed by atoms with Crippen LogP contribution in [-0.4, -0.2) is 12.1 Å². The van der Waals surface area contributed by atoms with Gasteiger partial charge in [0.25, 0.3) is 0 Å². The van der Waals surface area contributed by atoms with Crippen molar-refractivity contribution < 1.29 is 34.5 Å². The Hall–Kier alpha value is 0.0531. The molecule has 0 aliphatic rings. The van der Waals surface area contributed by atoms with E-state index in [9.17, 15) is 4.79 Å². The molecule has 3 nitrogen and oxygen atoms in total. The second-order valence-electron chi connectivity index (χ2n) is 3.26. The molecular weight excluding hydrogens is 247 g/mol. The van der Waals surface area contributed by atoms with Gasteiger partial charge >= 0.3 is 92.4 Å². The number of allylic oxidation sites excluding steroid dienone is 1. The molecule has 0 aromatic rings. The fraction of sp³-hybridized carbons (Fsp3) is 0.667. The molecule has 0 amide bonds. The Balaban J connectivity index is 3.83. The Morgan fingerprint density at radius 3 is 2.15 bits per heavy atom. The summed E-state index contributed by atoms with van der Waals surface area (Å²) >= 11 is -1.40. The zero-order chi connectivity index (χ0) is 10.4. The first-order valence-electron chi connectivity index (χ1n) is 4.21. The second-order valence-corrected chi connectivity index (χ2v) is 4.76. The quantitative estimate of drug-likeness (QED) is 0.730. The molecule has 74 valence electrons. The monoisotopic (exact) mass is 262 g/mol. The third-order valence-electron chi connectivity index (χ3n) is 1.47. The molecule has 0 saturated heterocycles. The molecule has 0 unspecified atom stereocenters. The summed E-state index contributed by atoms with van der Waals surface area (Å²) in [5.41, 5.74) is 1.68. The van der Waals surface area contributed by atoms with Gasteiger partial charge in [0, 0.05) is 0 Å². The Bertz CT molecular complexity index is 205. The van der Waals surface area contributed by atoms with E-state index in [1.54, 1.807) is 6.92 Å². The van der Waals surface area contributed by atoms with Crippen LogP contribution in [0.3, 0.4) is 0 Å². The van der Waals surface area contributed by atoms with Gasteiger partial charge in [0.15, 0.2) is 0 Å². The average molecular weight is 263 g/mol. The van der Waals surface area contributed by atoms with Gasteiger partial charge in [0.1, 0.15) is 0 Å². The first-order chi connectivity index (χ1) is 5.95. The Morgan fingerprint density at radius 2 is 1.77 bits per heavy atom. The van der Waals surface area contributed by atoms with Gasteiger partial charge in [0.05, 0.1) is 0 Å². The SMILES string of the molecule is CC(C)=C(C)C(=O)[O][Zr][O]C(C)C. The predicted molar refractivity (Wildman–Crippen MR) is 46.4 cm³/mol. The molecule has 0 aliphatic carbocycles. The van der Waals surface area contributed by atoms with Crippen molar-refractivity contribution in [1.82, 2.24) is 0 Å². The molecule has 0 bridgehead atoms. The molecule has 0 saturated carbocycles. The van der Waals surface area contributed by atoms with Crippen molar-refractivity contribution in [2.75, 3.05) is 0 Å². The van der Waals surface area contributed by atoms with E-state index >= 15 is 0 Å². The van der Waals surface area contributed by atoms with E-state index in [0.717, 1.165) is 5.57 Å². The van der Waals surface area contributed by atoms with Crippen LogP contribution in [0.1, 0.15) is 34.6 Å². The van der Waals surface area contributed by atoms with Crippen molar-refractivity contribution in [3.63, 3.8) is 0 Å². The average Bonchev–Trinajstić information content (AvgIpc) is 2.02. The van der Waals surface area contributed by atoms with Gasteiger partial charge in [-0.05, 0) is 0 Å². The number of carbonyl (C=O) groups excluding carboxylic acids is 1. The molecule has 0 atom stereocenters. The molecule has 4 heteroatoms. The topological polar surface area (TPSA) is 35.5 Å². The zero-order valence-electron chi connectivity index (χ0n) is 8.80. The molecule has 0 radical (unpaired) electrons. The molecule has 0 aliphatic heterocycles. The van der Waals surface area contributed by atoms with E-state index in [2.05, 4.69) is 0 Å². The first kappa shape index (κ1) is 13.1. The fourth-order valence-electron chi connectivity index (χ4n) is 0.439. The number of hydrogen-bond acceptors (Lipinski definition) is 3. The van der Waals surface area contributed by atoms with Gasteiger partial charge in [-0.2, -0.15) is 0 Å². The number of rotatable bonds is 4. The van der Waals surface area contributed by atoms with Gasteiger partial charge < -0.3 is 0 Å². The maximum atomic E-state index is 11.2. The summed E-state index contributed by atoms with van der Waals surface area (Å²) in [4.78, 5) is 11.2. The number of hydrogen-bond donors (Lipinski definition) is 0. The third-order valence-corrected chi connectivity index (χ3v) is 3.53. The standard InChI is InChI=1S/C6H10O2.C3H7O.Zr/c1-4(2)5(3)6(7)8;1-3(2)4;/h1-3H3,(H,7,8);3H,1-2H3;/q;-1;+2/p-1. The molecule has 0 fully saturated rings. The van der Waals surface area contributed by atoms with Crippen molar-refractivity contribution in [3.05, 3.63) is 11.1 Å². The van der Waals surface area contributed by atoms with Gasteiger partial charge in [-0.3, -0.25) is 0 Å². The third kappa shape index (κ3) is 6.17. The van der Waals surface area contributed by atoms with E-state index in [-0.39, 0.29) is 12.1 Å². The predicted octanol–water partition coefficient (Wildman–Crippen LogP) is 2.22. The van der Waals surface area contributed by atoms with Crippen molar-refractivity contribution in [2.45, 2.75) is 40.7 Å². The van der Waals surface area contributed by atoms with E-state index in [1.165, 1.54) is 0 Å². The van der Waals surface area contributed by atoms with E-state index in [0.29, 0.717) is 5.57 Å². The van der Waals surface area contributed by atoms with Crippen LogP contribution in [0.2, 0.25) is 0 Å². The van der Waals surface area contributed by atoms with Crippen molar-refractivity contribution in [1.29, 1.82) is 0 Å². The molecular formula is C9H16O3Zr. The summed E-state index contributed by atoms with van der Waals surface area (Å²) in [6, 6.07) is 0. The summed E-state index contributed by atoms with van der Waals surface area (Å²) in [6.45, 7) is 9.42. The molecule has 0 heterocycles. The van der Waals surface area contributed by atoms with Crippen LogP contribution >= 0.6 is 0 Å². The Morgan fingerprint density at radius 1 is 1.23 bits per heavy atom. The summed E-state index contributed by atoms with van der Waals surface area (Å²) in [7, 11) is 0. The van der Waals surface area contributed by atoms with E-state index in [4.69, 9.17) is 5.63 Å². The van der Waals surface area contributed by atoms with Gasteiger partial charge in [-0.1, -0.05) is 0 Å². The normalized spacial score (nSPS) is 9.69. The molecule has 0 spiro atoms. The Labute approximate surface area is 92.3 Å². The van der Waals surface area contributed by atoms with Crippen LogP contribution in [0.25, 0.3) is 0 Å². The van der Waals surface area contributed by atoms with E-state index < -0.39 is 24.1 Å². The van der Waals surface area contributed by atoms with Gasteiger partial charge in [-0.15, -0.1) is 0 Å². The minimum absolute atomic E-state index is 0.159. The van der Waals surface area contributed by atoms with Crippen LogP contribution < -0.4 is 0 Å².